The highest BCUT2D eigenvalue weighted by Gasteiger charge is 2.32. The van der Waals surface area contributed by atoms with E-state index in [1.165, 1.54) is 12.2 Å². The van der Waals surface area contributed by atoms with Crippen molar-refractivity contribution in [2.24, 2.45) is 0 Å². The molecule has 15 nitrogen and oxygen atoms in total. The molecule has 15 heteroatoms. The van der Waals surface area contributed by atoms with Crippen molar-refractivity contribution in [3.63, 3.8) is 0 Å². The second-order valence-corrected chi connectivity index (χ2v) is 15.6. The lowest BCUT2D eigenvalue weighted by atomic mass is 9.93. The Labute approximate surface area is 355 Å². The van der Waals surface area contributed by atoms with Crippen molar-refractivity contribution in [3.8, 4) is 11.5 Å². The Balaban J connectivity index is 0.000000169. The first-order valence-electron chi connectivity index (χ1n) is 20.7. The van der Waals surface area contributed by atoms with Crippen LogP contribution in [0.2, 0.25) is 0 Å². The van der Waals surface area contributed by atoms with E-state index in [4.69, 9.17) is 14.5 Å². The van der Waals surface area contributed by atoms with Gasteiger partial charge in [0.05, 0.1) is 43.4 Å². The minimum atomic E-state index is -0.190. The Kier molecular flexibility index (Phi) is 12.8. The summed E-state index contributed by atoms with van der Waals surface area (Å²) in [7, 11) is 7.51. The number of hydrogen-bond donors (Lipinski definition) is 1. The van der Waals surface area contributed by atoms with Crippen molar-refractivity contribution in [2.75, 3.05) is 90.5 Å². The van der Waals surface area contributed by atoms with E-state index in [2.05, 4.69) is 87.2 Å². The molecule has 61 heavy (non-hydrogen) atoms. The molecule has 0 aliphatic carbocycles. The average molecular weight is 824 g/mol. The number of ether oxygens (including phenoxy) is 2. The van der Waals surface area contributed by atoms with Gasteiger partial charge in [-0.3, -0.25) is 33.7 Å². The van der Waals surface area contributed by atoms with Crippen LogP contribution < -0.4 is 24.6 Å². The zero-order valence-corrected chi connectivity index (χ0v) is 35.2. The third kappa shape index (κ3) is 9.64. The van der Waals surface area contributed by atoms with E-state index in [1.54, 1.807) is 44.8 Å². The number of imidazole rings is 2. The first-order valence-corrected chi connectivity index (χ1v) is 20.7. The Hall–Kier alpha value is -6.42. The lowest BCUT2D eigenvalue weighted by Gasteiger charge is -2.34. The van der Waals surface area contributed by atoms with Gasteiger partial charge in [0, 0.05) is 90.0 Å². The molecule has 0 saturated carbocycles. The lowest BCUT2D eigenvalue weighted by molar-refractivity contribution is -0.121. The molecule has 3 fully saturated rings. The maximum absolute atomic E-state index is 12.6. The van der Waals surface area contributed by atoms with Crippen LogP contribution in [0.3, 0.4) is 0 Å². The second kappa shape index (κ2) is 18.9. The number of carbonyl (C=O) groups is 2. The van der Waals surface area contributed by atoms with Gasteiger partial charge in [0.15, 0.2) is 5.78 Å². The Morgan fingerprint density at radius 3 is 1.90 bits per heavy atom. The molecule has 6 aromatic rings. The number of anilines is 2. The monoisotopic (exact) mass is 823 g/mol. The third-order valence-electron chi connectivity index (χ3n) is 11.4. The smallest absolute Gasteiger partial charge is 0.178 e. The van der Waals surface area contributed by atoms with Gasteiger partial charge in [0.1, 0.15) is 45.9 Å². The normalized spacial score (nSPS) is 19.2. The van der Waals surface area contributed by atoms with Crippen molar-refractivity contribution in [3.05, 3.63) is 120 Å². The summed E-state index contributed by atoms with van der Waals surface area (Å²) in [5, 5.41) is 3.60. The van der Waals surface area contributed by atoms with Crippen LogP contribution >= 0.6 is 0 Å². The number of hydrogen-bond acceptors (Lipinski definition) is 13. The summed E-state index contributed by atoms with van der Waals surface area (Å²) in [5.41, 5.74) is 4.78. The molecule has 2 atom stereocenters. The number of ketones is 2. The lowest BCUT2D eigenvalue weighted by Crippen LogP contribution is -2.45. The SMILES string of the molecule is COc1cccnc1/C=C/C(=O)/C=C/c1cn2c(N3CCN(C)CC3)cccc2n1.COc1cccnc1C1CC(=O)CC(c2cn3c(N4CCN(C)CC4)cccc3n2)N1. The van der Waals surface area contributed by atoms with Crippen molar-refractivity contribution in [1.82, 2.24) is 43.9 Å². The van der Waals surface area contributed by atoms with E-state index in [0.29, 0.717) is 30.0 Å². The van der Waals surface area contributed by atoms with Crippen molar-refractivity contribution in [2.45, 2.75) is 24.9 Å². The van der Waals surface area contributed by atoms with Gasteiger partial charge in [-0.2, -0.15) is 0 Å². The number of piperazine rings is 2. The number of Topliss-reactive ketones (excluding diaryl/α,β-unsaturated/α-hetero) is 1. The summed E-state index contributed by atoms with van der Waals surface area (Å²) in [6.07, 6.45) is 14.7. The van der Waals surface area contributed by atoms with Gasteiger partial charge in [-0.05, 0) is 86.9 Å². The van der Waals surface area contributed by atoms with Crippen LogP contribution in [-0.2, 0) is 9.59 Å². The number of allylic oxidation sites excluding steroid dienone is 2. The highest BCUT2D eigenvalue weighted by Crippen LogP contribution is 2.34. The number of aromatic nitrogens is 6. The van der Waals surface area contributed by atoms with E-state index >= 15 is 0 Å². The second-order valence-electron chi connectivity index (χ2n) is 15.6. The molecule has 3 aliphatic rings. The van der Waals surface area contributed by atoms with E-state index in [0.717, 1.165) is 92.4 Å². The van der Waals surface area contributed by atoms with Crippen LogP contribution in [0.4, 0.5) is 11.6 Å². The highest BCUT2D eigenvalue weighted by atomic mass is 16.5. The van der Waals surface area contributed by atoms with Gasteiger partial charge in [-0.15, -0.1) is 0 Å². The predicted octanol–water partition coefficient (Wildman–Crippen LogP) is 5.01. The summed E-state index contributed by atoms with van der Waals surface area (Å²) in [4.78, 5) is 52.5. The molecule has 2 unspecified atom stereocenters. The number of nitrogens with zero attached hydrogens (tertiary/aromatic N) is 10. The molecule has 316 valence electrons. The fourth-order valence-corrected chi connectivity index (χ4v) is 8.05. The van der Waals surface area contributed by atoms with Crippen LogP contribution in [-0.4, -0.2) is 131 Å². The number of rotatable bonds is 10. The molecular formula is C46H53N11O4. The molecule has 0 bridgehead atoms. The number of fused-ring (bicyclic) bond motifs is 2. The maximum atomic E-state index is 12.6. The minimum absolute atomic E-state index is 0.140. The summed E-state index contributed by atoms with van der Waals surface area (Å²) >= 11 is 0. The van der Waals surface area contributed by atoms with Gasteiger partial charge < -0.3 is 29.1 Å². The van der Waals surface area contributed by atoms with E-state index in [1.807, 2.05) is 42.6 Å². The van der Waals surface area contributed by atoms with E-state index < -0.39 is 0 Å². The van der Waals surface area contributed by atoms with E-state index in [9.17, 15) is 9.59 Å². The average Bonchev–Trinajstić information content (AvgIpc) is 3.93. The van der Waals surface area contributed by atoms with Crippen LogP contribution in [0.5, 0.6) is 11.5 Å². The van der Waals surface area contributed by atoms with Gasteiger partial charge in [-0.1, -0.05) is 12.1 Å². The van der Waals surface area contributed by atoms with Crippen molar-refractivity contribution in [1.29, 1.82) is 0 Å². The molecule has 3 saturated heterocycles. The standard InChI is InChI=1S/C23H28N6O2.C23H25N5O2/c1-27-9-11-28(12-10-27)22-7-3-6-21-26-19(15-29(21)22)17-13-16(30)14-18(25-17)23-20(31-2)5-4-8-24-23;1-26-13-15-27(16-14-26)23-7-3-6-22-25-18(17-28(22)23)8-9-19(29)10-11-20-21(30-2)5-4-12-24-20/h3-8,15,17-18,25H,9-14H2,1-2H3;3-12,17H,13-16H2,1-2H3/b;9-8+,11-10+. The Morgan fingerprint density at radius 1 is 0.672 bits per heavy atom. The predicted molar refractivity (Wildman–Crippen MR) is 237 cm³/mol. The quantitative estimate of drug-likeness (QED) is 0.186. The fraction of sp³-hybridized carbons (Fsp3) is 0.348. The molecular weight excluding hydrogens is 771 g/mol. The molecule has 1 N–H and O–H groups in total. The summed E-state index contributed by atoms with van der Waals surface area (Å²) in [6, 6.07) is 19.3. The zero-order valence-electron chi connectivity index (χ0n) is 35.2. The van der Waals surface area contributed by atoms with Crippen LogP contribution in [0.1, 0.15) is 47.7 Å². The number of piperidine rings is 1. The summed E-state index contributed by atoms with van der Waals surface area (Å²) < 4.78 is 15.0. The number of nitrogens with one attached hydrogen (secondary N) is 1. The molecule has 0 aromatic carbocycles. The van der Waals surface area contributed by atoms with Gasteiger partial charge >= 0.3 is 0 Å². The summed E-state index contributed by atoms with van der Waals surface area (Å²) in [5.74, 6) is 3.66. The number of likely N-dealkylation sites (N-methyl/N-ethyl adjacent to an activating group) is 2. The van der Waals surface area contributed by atoms with Crippen LogP contribution in [0, 0.1) is 0 Å². The van der Waals surface area contributed by atoms with Gasteiger partial charge in [0.25, 0.3) is 0 Å². The number of methoxy groups -OCH3 is 2. The van der Waals surface area contributed by atoms with Gasteiger partial charge in [-0.25, -0.2) is 9.97 Å². The maximum Gasteiger partial charge on any atom is 0.178 e. The molecule has 9 rings (SSSR count). The minimum Gasteiger partial charge on any atom is -0.495 e. The highest BCUT2D eigenvalue weighted by molar-refractivity contribution is 6.04. The van der Waals surface area contributed by atoms with Gasteiger partial charge in [0.2, 0.25) is 0 Å². The van der Waals surface area contributed by atoms with Crippen LogP contribution in [0.15, 0.2) is 97.6 Å². The van der Waals surface area contributed by atoms with E-state index in [-0.39, 0.29) is 23.7 Å². The Bertz CT molecular complexity index is 2530. The first kappa shape index (κ1) is 41.3. The van der Waals surface area contributed by atoms with Crippen molar-refractivity contribution < 1.29 is 19.1 Å². The number of pyridine rings is 4. The zero-order chi connectivity index (χ0) is 42.3. The molecule has 0 amide bonds. The molecule has 0 spiro atoms. The molecule has 3 aliphatic heterocycles. The van der Waals surface area contributed by atoms with Crippen molar-refractivity contribution >= 4 is 46.6 Å². The molecule has 0 radical (unpaired) electrons. The summed E-state index contributed by atoms with van der Waals surface area (Å²) in [6.45, 7) is 8.13. The number of carbonyl (C=O) groups excluding carboxylic acids is 2. The topological polar surface area (TPSA) is 138 Å². The van der Waals surface area contributed by atoms with Crippen LogP contribution in [0.25, 0.3) is 23.4 Å². The molecule has 6 aromatic heterocycles. The largest absolute Gasteiger partial charge is 0.495 e. The Morgan fingerprint density at radius 2 is 1.25 bits per heavy atom. The first-order chi connectivity index (χ1) is 29.8. The third-order valence-corrected chi connectivity index (χ3v) is 11.4. The molecule has 9 heterocycles. The fourth-order valence-electron chi connectivity index (χ4n) is 8.05.